The van der Waals surface area contributed by atoms with Crippen LogP contribution in [0.1, 0.15) is 16.7 Å². The Balaban J connectivity index is 2.26. The van der Waals surface area contributed by atoms with E-state index in [1.54, 1.807) is 43.3 Å². The van der Waals surface area contributed by atoms with Gasteiger partial charge in [0.1, 0.15) is 17.3 Å². The molecule has 21 heavy (non-hydrogen) atoms. The summed E-state index contributed by atoms with van der Waals surface area (Å²) >= 11 is 0. The van der Waals surface area contributed by atoms with Gasteiger partial charge in [-0.2, -0.15) is 5.26 Å². The minimum atomic E-state index is -3.85. The minimum absolute atomic E-state index is 0.0427. The van der Waals surface area contributed by atoms with E-state index < -0.39 is 10.0 Å². The summed E-state index contributed by atoms with van der Waals surface area (Å²) in [5.74, 6) is 0.200. The topological polar surface area (TPSA) is 93.2 Å². The van der Waals surface area contributed by atoms with E-state index in [-0.39, 0.29) is 17.3 Å². The van der Waals surface area contributed by atoms with Gasteiger partial charge in [-0.05, 0) is 42.3 Å². The number of aryl methyl sites for hydroxylation is 1. The van der Waals surface area contributed by atoms with E-state index >= 15 is 0 Å². The summed E-state index contributed by atoms with van der Waals surface area (Å²) < 4.78 is 28.7. The van der Waals surface area contributed by atoms with Crippen LogP contribution in [0.3, 0.4) is 0 Å². The zero-order valence-corrected chi connectivity index (χ0v) is 12.2. The van der Waals surface area contributed by atoms with Crippen molar-refractivity contribution in [2.24, 2.45) is 5.14 Å². The van der Waals surface area contributed by atoms with E-state index in [9.17, 15) is 8.42 Å². The average molecular weight is 302 g/mol. The smallest absolute Gasteiger partial charge is 0.241 e. The molecule has 0 atom stereocenters. The Kier molecular flexibility index (Phi) is 4.26. The lowest BCUT2D eigenvalue weighted by Crippen LogP contribution is -2.14. The van der Waals surface area contributed by atoms with Crippen LogP contribution in [0.25, 0.3) is 0 Å². The zero-order chi connectivity index (χ0) is 15.5. The maximum atomic E-state index is 11.6. The molecule has 6 heteroatoms. The molecule has 0 saturated heterocycles. The fourth-order valence-corrected chi connectivity index (χ4v) is 2.61. The Hall–Kier alpha value is -2.36. The first-order valence-corrected chi connectivity index (χ1v) is 7.70. The van der Waals surface area contributed by atoms with Gasteiger partial charge in [-0.3, -0.25) is 0 Å². The van der Waals surface area contributed by atoms with Gasteiger partial charge >= 0.3 is 0 Å². The Bertz CT molecular complexity index is 808. The minimum Gasteiger partial charge on any atom is -0.487 e. The van der Waals surface area contributed by atoms with Crippen molar-refractivity contribution in [3.05, 3.63) is 59.2 Å². The van der Waals surface area contributed by atoms with E-state index in [0.717, 1.165) is 11.1 Å². The Labute approximate surface area is 123 Å². The largest absolute Gasteiger partial charge is 0.487 e. The van der Waals surface area contributed by atoms with Crippen LogP contribution >= 0.6 is 0 Å². The Morgan fingerprint density at radius 3 is 2.67 bits per heavy atom. The van der Waals surface area contributed by atoms with E-state index in [1.165, 1.54) is 6.07 Å². The Morgan fingerprint density at radius 1 is 1.24 bits per heavy atom. The second-order valence-electron chi connectivity index (χ2n) is 4.60. The number of nitriles is 1. The van der Waals surface area contributed by atoms with Gasteiger partial charge in [-0.1, -0.05) is 18.2 Å². The second kappa shape index (κ2) is 5.95. The second-order valence-corrected chi connectivity index (χ2v) is 6.13. The molecule has 5 nitrogen and oxygen atoms in total. The van der Waals surface area contributed by atoms with Crippen molar-refractivity contribution >= 4 is 10.0 Å². The number of primary sulfonamides is 1. The van der Waals surface area contributed by atoms with Crippen LogP contribution in [0.2, 0.25) is 0 Å². The highest BCUT2D eigenvalue weighted by atomic mass is 32.2. The third kappa shape index (κ3) is 3.81. The molecular weight excluding hydrogens is 288 g/mol. The van der Waals surface area contributed by atoms with Crippen molar-refractivity contribution in [1.82, 2.24) is 0 Å². The molecule has 2 N–H and O–H groups in total. The van der Waals surface area contributed by atoms with E-state index in [2.05, 4.69) is 0 Å². The van der Waals surface area contributed by atoms with Gasteiger partial charge < -0.3 is 4.74 Å². The van der Waals surface area contributed by atoms with E-state index in [4.69, 9.17) is 15.1 Å². The predicted molar refractivity (Wildman–Crippen MR) is 78.0 cm³/mol. The summed E-state index contributed by atoms with van der Waals surface area (Å²) in [5, 5.41) is 14.0. The third-order valence-electron chi connectivity index (χ3n) is 2.86. The van der Waals surface area contributed by atoms with Crippen molar-refractivity contribution in [2.45, 2.75) is 18.4 Å². The maximum absolute atomic E-state index is 11.6. The van der Waals surface area contributed by atoms with Gasteiger partial charge in [0.2, 0.25) is 10.0 Å². The number of benzene rings is 2. The van der Waals surface area contributed by atoms with Crippen LogP contribution in [0.15, 0.2) is 47.4 Å². The highest BCUT2D eigenvalue weighted by molar-refractivity contribution is 7.89. The number of nitrogens with two attached hydrogens (primary N) is 1. The molecule has 2 rings (SSSR count). The number of nitrogens with zero attached hydrogens (tertiary/aromatic N) is 1. The van der Waals surface area contributed by atoms with E-state index in [0.29, 0.717) is 5.56 Å². The predicted octanol–water partition coefficient (Wildman–Crippen LogP) is 2.09. The summed E-state index contributed by atoms with van der Waals surface area (Å²) in [6.07, 6.45) is 0. The number of rotatable bonds is 4. The molecule has 0 aliphatic rings. The van der Waals surface area contributed by atoms with Crippen molar-refractivity contribution in [3.8, 4) is 11.8 Å². The zero-order valence-electron chi connectivity index (χ0n) is 11.4. The fraction of sp³-hybridized carbons (Fsp3) is 0.133. The maximum Gasteiger partial charge on any atom is 0.241 e. The molecule has 0 saturated carbocycles. The summed E-state index contributed by atoms with van der Waals surface area (Å²) in [4.78, 5) is -0.0427. The molecule has 0 amide bonds. The molecule has 2 aromatic carbocycles. The first kappa shape index (κ1) is 15.0. The number of sulfonamides is 1. The lowest BCUT2D eigenvalue weighted by atomic mass is 10.1. The molecular formula is C15H14N2O3S. The van der Waals surface area contributed by atoms with Crippen molar-refractivity contribution in [1.29, 1.82) is 5.26 Å². The molecule has 0 fully saturated rings. The molecule has 0 bridgehead atoms. The van der Waals surface area contributed by atoms with Gasteiger partial charge in [0.05, 0.1) is 11.6 Å². The first-order valence-electron chi connectivity index (χ1n) is 6.15. The fourth-order valence-electron chi connectivity index (χ4n) is 1.85. The number of hydrogen-bond acceptors (Lipinski definition) is 4. The molecule has 0 spiro atoms. The van der Waals surface area contributed by atoms with Crippen LogP contribution < -0.4 is 9.88 Å². The quantitative estimate of drug-likeness (QED) is 0.935. The number of ether oxygens (including phenoxy) is 1. The van der Waals surface area contributed by atoms with Crippen molar-refractivity contribution < 1.29 is 13.2 Å². The van der Waals surface area contributed by atoms with Crippen LogP contribution in [-0.2, 0) is 16.6 Å². The first-order chi connectivity index (χ1) is 9.90. The monoisotopic (exact) mass is 302 g/mol. The lowest BCUT2D eigenvalue weighted by Gasteiger charge is -2.11. The van der Waals surface area contributed by atoms with Gasteiger partial charge in [-0.25, -0.2) is 13.6 Å². The molecule has 0 heterocycles. The van der Waals surface area contributed by atoms with Gasteiger partial charge in [0, 0.05) is 0 Å². The molecule has 2 aromatic rings. The standard InChI is InChI=1S/C15H14N2O3S/c1-11-5-6-14(15(7-11)21(17,18)19)20-10-13-4-2-3-12(8-13)9-16/h2-8H,10H2,1H3,(H2,17,18,19). The Morgan fingerprint density at radius 2 is 2.00 bits per heavy atom. The number of hydrogen-bond donors (Lipinski definition) is 1. The molecule has 0 radical (unpaired) electrons. The van der Waals surface area contributed by atoms with Crippen LogP contribution in [0.4, 0.5) is 0 Å². The van der Waals surface area contributed by atoms with Crippen LogP contribution in [0, 0.1) is 18.3 Å². The summed E-state index contributed by atoms with van der Waals surface area (Å²) in [6.45, 7) is 1.93. The van der Waals surface area contributed by atoms with Crippen LogP contribution in [0.5, 0.6) is 5.75 Å². The van der Waals surface area contributed by atoms with E-state index in [1.807, 2.05) is 6.07 Å². The normalized spacial score (nSPS) is 10.9. The van der Waals surface area contributed by atoms with Gasteiger partial charge in [0.25, 0.3) is 0 Å². The summed E-state index contributed by atoms with van der Waals surface area (Å²) in [7, 11) is -3.85. The van der Waals surface area contributed by atoms with Crippen LogP contribution in [-0.4, -0.2) is 8.42 Å². The van der Waals surface area contributed by atoms with Crippen molar-refractivity contribution in [2.75, 3.05) is 0 Å². The highest BCUT2D eigenvalue weighted by Crippen LogP contribution is 2.24. The van der Waals surface area contributed by atoms with Gasteiger partial charge in [0.15, 0.2) is 0 Å². The molecule has 0 aliphatic carbocycles. The lowest BCUT2D eigenvalue weighted by molar-refractivity contribution is 0.298. The summed E-state index contributed by atoms with van der Waals surface area (Å²) in [5.41, 5.74) is 2.07. The third-order valence-corrected chi connectivity index (χ3v) is 3.79. The molecule has 0 unspecified atom stereocenters. The highest BCUT2D eigenvalue weighted by Gasteiger charge is 2.15. The van der Waals surface area contributed by atoms with Gasteiger partial charge in [-0.15, -0.1) is 0 Å². The molecule has 0 aliphatic heterocycles. The molecule has 0 aromatic heterocycles. The average Bonchev–Trinajstić information content (AvgIpc) is 2.45. The SMILES string of the molecule is Cc1ccc(OCc2cccc(C#N)c2)c(S(N)(=O)=O)c1. The molecule has 108 valence electrons. The summed E-state index contributed by atoms with van der Waals surface area (Å²) in [6, 6.07) is 13.7. The van der Waals surface area contributed by atoms with Crippen molar-refractivity contribution in [3.63, 3.8) is 0 Å².